The Balaban J connectivity index is 1.86. The van der Waals surface area contributed by atoms with Crippen molar-refractivity contribution >= 4 is 22.8 Å². The standard InChI is InChI=1S/C22H24FN3O4/c1-12(2)18-9-15(16-10-24-26(13(3)4)21(16)25-18)22(28)30-11-19(27)14-6-7-20(29-5)17(23)8-14/h6-10,12-13H,11H2,1-5H3. The number of nitrogens with zero attached hydrogens (tertiary/aromatic N) is 3. The molecule has 0 spiro atoms. The number of hydrogen-bond donors (Lipinski definition) is 0. The van der Waals surface area contributed by atoms with E-state index in [0.29, 0.717) is 16.6 Å². The van der Waals surface area contributed by atoms with Crippen LogP contribution in [-0.2, 0) is 4.74 Å². The second kappa shape index (κ2) is 8.61. The molecule has 158 valence electrons. The number of esters is 1. The van der Waals surface area contributed by atoms with E-state index in [1.807, 2.05) is 27.7 Å². The van der Waals surface area contributed by atoms with Crippen molar-refractivity contribution in [2.45, 2.75) is 39.7 Å². The van der Waals surface area contributed by atoms with Crippen LogP contribution in [0.1, 0.15) is 66.1 Å². The number of fused-ring (bicyclic) bond motifs is 1. The number of rotatable bonds is 7. The van der Waals surface area contributed by atoms with Crippen LogP contribution < -0.4 is 4.74 Å². The lowest BCUT2D eigenvalue weighted by atomic mass is 10.1. The zero-order chi connectivity index (χ0) is 22.0. The van der Waals surface area contributed by atoms with Crippen molar-refractivity contribution in [3.05, 3.63) is 53.1 Å². The van der Waals surface area contributed by atoms with Crippen molar-refractivity contribution in [2.24, 2.45) is 0 Å². The molecule has 0 unspecified atom stereocenters. The number of aromatic nitrogens is 3. The lowest BCUT2D eigenvalue weighted by Gasteiger charge is -2.12. The Morgan fingerprint density at radius 1 is 1.17 bits per heavy atom. The van der Waals surface area contributed by atoms with Gasteiger partial charge in [0.05, 0.1) is 24.3 Å². The number of pyridine rings is 1. The quantitative estimate of drug-likeness (QED) is 0.424. The summed E-state index contributed by atoms with van der Waals surface area (Å²) in [5.74, 6) is -1.72. The van der Waals surface area contributed by atoms with Gasteiger partial charge in [-0.3, -0.25) is 4.79 Å². The van der Waals surface area contributed by atoms with Crippen LogP contribution in [-0.4, -0.2) is 40.2 Å². The van der Waals surface area contributed by atoms with Crippen LogP contribution in [0.15, 0.2) is 30.5 Å². The van der Waals surface area contributed by atoms with E-state index in [-0.39, 0.29) is 23.3 Å². The van der Waals surface area contributed by atoms with E-state index in [0.717, 1.165) is 11.8 Å². The predicted molar refractivity (Wildman–Crippen MR) is 110 cm³/mol. The van der Waals surface area contributed by atoms with Crippen molar-refractivity contribution < 1.29 is 23.5 Å². The molecule has 2 aromatic heterocycles. The Bertz CT molecular complexity index is 1110. The molecular weight excluding hydrogens is 389 g/mol. The number of carbonyl (C=O) groups excluding carboxylic acids is 2. The molecule has 0 atom stereocenters. The highest BCUT2D eigenvalue weighted by molar-refractivity contribution is 6.04. The maximum absolute atomic E-state index is 13.8. The number of methoxy groups -OCH3 is 1. The number of carbonyl (C=O) groups is 2. The molecule has 0 N–H and O–H groups in total. The van der Waals surface area contributed by atoms with Crippen LogP contribution in [0.25, 0.3) is 11.0 Å². The SMILES string of the molecule is COc1ccc(C(=O)COC(=O)c2cc(C(C)C)nc3c2cnn3C(C)C)cc1F. The number of benzene rings is 1. The summed E-state index contributed by atoms with van der Waals surface area (Å²) >= 11 is 0. The molecule has 30 heavy (non-hydrogen) atoms. The lowest BCUT2D eigenvalue weighted by molar-refractivity contribution is 0.0476. The molecule has 0 saturated carbocycles. The minimum Gasteiger partial charge on any atom is -0.494 e. The predicted octanol–water partition coefficient (Wildman–Crippen LogP) is 4.32. The van der Waals surface area contributed by atoms with Gasteiger partial charge in [-0.15, -0.1) is 0 Å². The zero-order valence-electron chi connectivity index (χ0n) is 17.6. The van der Waals surface area contributed by atoms with Gasteiger partial charge < -0.3 is 9.47 Å². The summed E-state index contributed by atoms with van der Waals surface area (Å²) in [6, 6.07) is 5.56. The average Bonchev–Trinajstić information content (AvgIpc) is 3.15. The van der Waals surface area contributed by atoms with Gasteiger partial charge in [0.25, 0.3) is 0 Å². The van der Waals surface area contributed by atoms with E-state index in [4.69, 9.17) is 9.47 Å². The van der Waals surface area contributed by atoms with Crippen molar-refractivity contribution in [3.63, 3.8) is 0 Å². The van der Waals surface area contributed by atoms with Crippen LogP contribution in [0.4, 0.5) is 4.39 Å². The molecule has 0 saturated heterocycles. The van der Waals surface area contributed by atoms with E-state index < -0.39 is 24.2 Å². The first-order chi connectivity index (χ1) is 14.2. The van der Waals surface area contributed by atoms with Gasteiger partial charge in [-0.1, -0.05) is 13.8 Å². The molecule has 3 rings (SSSR count). The topological polar surface area (TPSA) is 83.3 Å². The third kappa shape index (κ3) is 4.17. The van der Waals surface area contributed by atoms with Gasteiger partial charge in [-0.25, -0.2) is 18.9 Å². The first kappa shape index (κ1) is 21.4. The van der Waals surface area contributed by atoms with Crippen LogP contribution in [0, 0.1) is 5.82 Å². The van der Waals surface area contributed by atoms with Gasteiger partial charge in [0.2, 0.25) is 0 Å². The Hall–Kier alpha value is -3.29. The van der Waals surface area contributed by atoms with Gasteiger partial charge in [0.15, 0.2) is 29.6 Å². The monoisotopic (exact) mass is 413 g/mol. The Kier molecular flexibility index (Phi) is 6.14. The molecule has 3 aromatic rings. The van der Waals surface area contributed by atoms with Crippen LogP contribution >= 0.6 is 0 Å². The third-order valence-corrected chi connectivity index (χ3v) is 4.70. The average molecular weight is 413 g/mol. The summed E-state index contributed by atoms with van der Waals surface area (Å²) in [5, 5.41) is 4.89. The first-order valence-corrected chi connectivity index (χ1v) is 9.65. The molecule has 0 amide bonds. The highest BCUT2D eigenvalue weighted by Crippen LogP contribution is 2.25. The molecule has 8 heteroatoms. The van der Waals surface area contributed by atoms with Crippen molar-refractivity contribution in [1.82, 2.24) is 14.8 Å². The Morgan fingerprint density at radius 2 is 1.90 bits per heavy atom. The molecule has 2 heterocycles. The summed E-state index contributed by atoms with van der Waals surface area (Å²) in [6.07, 6.45) is 1.57. The summed E-state index contributed by atoms with van der Waals surface area (Å²) in [5.41, 5.74) is 1.70. The Labute approximate surface area is 173 Å². The maximum atomic E-state index is 13.8. The smallest absolute Gasteiger partial charge is 0.339 e. The first-order valence-electron chi connectivity index (χ1n) is 9.65. The summed E-state index contributed by atoms with van der Waals surface area (Å²) in [7, 11) is 1.34. The van der Waals surface area contributed by atoms with E-state index in [9.17, 15) is 14.0 Å². The van der Waals surface area contributed by atoms with Gasteiger partial charge in [-0.2, -0.15) is 5.10 Å². The zero-order valence-corrected chi connectivity index (χ0v) is 17.6. The maximum Gasteiger partial charge on any atom is 0.339 e. The number of ether oxygens (including phenoxy) is 2. The fourth-order valence-electron chi connectivity index (χ4n) is 3.01. The van der Waals surface area contributed by atoms with E-state index >= 15 is 0 Å². The molecule has 0 aliphatic carbocycles. The number of Topliss-reactive ketones (excluding diaryl/α,β-unsaturated/α-hetero) is 1. The summed E-state index contributed by atoms with van der Waals surface area (Å²) in [4.78, 5) is 29.8. The van der Waals surface area contributed by atoms with Crippen molar-refractivity contribution in [1.29, 1.82) is 0 Å². The van der Waals surface area contributed by atoms with Crippen molar-refractivity contribution in [3.8, 4) is 5.75 Å². The van der Waals surface area contributed by atoms with Gasteiger partial charge >= 0.3 is 5.97 Å². The molecular formula is C22H24FN3O4. The second-order valence-electron chi connectivity index (χ2n) is 7.52. The van der Waals surface area contributed by atoms with Crippen LogP contribution in [0.3, 0.4) is 0 Å². The molecule has 0 radical (unpaired) electrons. The third-order valence-electron chi connectivity index (χ3n) is 4.70. The Morgan fingerprint density at radius 3 is 2.50 bits per heavy atom. The number of hydrogen-bond acceptors (Lipinski definition) is 6. The summed E-state index contributed by atoms with van der Waals surface area (Å²) < 4.78 is 25.7. The fourth-order valence-corrected chi connectivity index (χ4v) is 3.01. The lowest BCUT2D eigenvalue weighted by Crippen LogP contribution is -2.15. The molecule has 1 aromatic carbocycles. The molecule has 0 fully saturated rings. The molecule has 0 aliphatic rings. The minimum atomic E-state index is -0.659. The van der Waals surface area contributed by atoms with Gasteiger partial charge in [-0.05, 0) is 44.0 Å². The van der Waals surface area contributed by atoms with Gasteiger partial charge in [0.1, 0.15) is 0 Å². The number of halogens is 1. The van der Waals surface area contributed by atoms with Crippen LogP contribution in [0.5, 0.6) is 5.75 Å². The fraction of sp³-hybridized carbons (Fsp3) is 0.364. The number of ketones is 1. The largest absolute Gasteiger partial charge is 0.494 e. The summed E-state index contributed by atoms with van der Waals surface area (Å²) in [6.45, 7) is 7.38. The molecule has 0 bridgehead atoms. The highest BCUT2D eigenvalue weighted by atomic mass is 19.1. The minimum absolute atomic E-state index is 0.0334. The van der Waals surface area contributed by atoms with E-state index in [2.05, 4.69) is 10.1 Å². The van der Waals surface area contributed by atoms with E-state index in [1.165, 1.54) is 19.2 Å². The highest BCUT2D eigenvalue weighted by Gasteiger charge is 2.21. The van der Waals surface area contributed by atoms with Gasteiger partial charge in [0, 0.05) is 17.3 Å². The second-order valence-corrected chi connectivity index (χ2v) is 7.52. The molecule has 0 aliphatic heterocycles. The van der Waals surface area contributed by atoms with Crippen LogP contribution in [0.2, 0.25) is 0 Å². The van der Waals surface area contributed by atoms with Crippen molar-refractivity contribution in [2.75, 3.05) is 13.7 Å². The van der Waals surface area contributed by atoms with E-state index in [1.54, 1.807) is 16.9 Å². The normalized spacial score (nSPS) is 11.3. The molecule has 7 nitrogen and oxygen atoms in total.